The van der Waals surface area contributed by atoms with E-state index >= 15 is 0 Å². The maximum Gasteiger partial charge on any atom is 0.357 e. The lowest BCUT2D eigenvalue weighted by Gasteiger charge is -2.42. The molecule has 1 N–H and O–H groups in total. The summed E-state index contributed by atoms with van der Waals surface area (Å²) in [6.07, 6.45) is 0.308. The second kappa shape index (κ2) is 12.8. The van der Waals surface area contributed by atoms with Gasteiger partial charge in [0.1, 0.15) is 6.61 Å². The van der Waals surface area contributed by atoms with Gasteiger partial charge in [-0.3, -0.25) is 39.6 Å². The first-order valence-corrected chi connectivity index (χ1v) is 15.3. The fourth-order valence-electron chi connectivity index (χ4n) is 5.22. The number of Topliss-reactive ketones (excluding diaryl/α,β-unsaturated/α-hetero) is 1. The third-order valence-electron chi connectivity index (χ3n) is 7.37. The standard InChI is InChI=1S/C28H28N4O9S2/c1-16(33)11-22-25(35)30-24(27(36)41-15-17-5-7-19(8-6-17)31(37)38)28(43-26(22)30)42-21-9-10-29(13-21)14-23(34)18-3-2-4-20(12-18)32(39)40/h2-8,12,16,21-22,26,33H,9-11,13-15H2,1H3/t16-,21-,22+,26+/m0/s1. The van der Waals surface area contributed by atoms with E-state index in [1.807, 2.05) is 4.90 Å². The molecule has 0 saturated carbocycles. The number of thioether (sulfide) groups is 2. The predicted octanol–water partition coefficient (Wildman–Crippen LogP) is 3.71. The molecule has 3 heterocycles. The maximum atomic E-state index is 13.3. The number of rotatable bonds is 12. The Morgan fingerprint density at radius 1 is 1.14 bits per heavy atom. The van der Waals surface area contributed by atoms with Crippen molar-refractivity contribution in [3.63, 3.8) is 0 Å². The summed E-state index contributed by atoms with van der Waals surface area (Å²) < 4.78 is 6.17. The number of nitro benzene ring substituents is 2. The fourth-order valence-corrected chi connectivity index (χ4v) is 8.47. The molecule has 2 aromatic carbocycles. The van der Waals surface area contributed by atoms with E-state index in [2.05, 4.69) is 0 Å². The van der Waals surface area contributed by atoms with Crippen molar-refractivity contribution in [2.24, 2.45) is 5.92 Å². The molecular weight excluding hydrogens is 600 g/mol. The number of benzene rings is 2. The van der Waals surface area contributed by atoms with Crippen LogP contribution in [0.4, 0.5) is 11.4 Å². The minimum Gasteiger partial charge on any atom is -0.456 e. The third-order valence-corrected chi connectivity index (χ3v) is 10.3. The summed E-state index contributed by atoms with van der Waals surface area (Å²) in [4.78, 5) is 63.5. The van der Waals surface area contributed by atoms with Crippen LogP contribution in [-0.2, 0) is 20.9 Å². The van der Waals surface area contributed by atoms with Gasteiger partial charge in [-0.15, -0.1) is 11.8 Å². The highest BCUT2D eigenvalue weighted by atomic mass is 32.2. The molecule has 0 spiro atoms. The number of nitro groups is 2. The van der Waals surface area contributed by atoms with E-state index in [-0.39, 0.29) is 64.5 Å². The Kier molecular flexibility index (Phi) is 9.15. The molecule has 0 radical (unpaired) electrons. The molecule has 226 valence electrons. The molecule has 13 nitrogen and oxygen atoms in total. The highest BCUT2D eigenvalue weighted by Gasteiger charge is 2.56. The number of non-ortho nitro benzene ring substituents is 2. The van der Waals surface area contributed by atoms with E-state index in [1.54, 1.807) is 13.0 Å². The summed E-state index contributed by atoms with van der Waals surface area (Å²) in [6.45, 7) is 2.73. The van der Waals surface area contributed by atoms with Gasteiger partial charge < -0.3 is 9.84 Å². The number of esters is 1. The van der Waals surface area contributed by atoms with E-state index in [9.17, 15) is 39.7 Å². The van der Waals surface area contributed by atoms with Crippen molar-refractivity contribution in [3.05, 3.63) is 89.8 Å². The number of amides is 1. The topological polar surface area (TPSA) is 173 Å². The fraction of sp³-hybridized carbons (Fsp3) is 0.393. The minimum atomic E-state index is -0.685. The monoisotopic (exact) mass is 628 g/mol. The molecule has 5 rings (SSSR count). The van der Waals surface area contributed by atoms with E-state index in [4.69, 9.17) is 4.74 Å². The van der Waals surface area contributed by atoms with Crippen LogP contribution < -0.4 is 0 Å². The van der Waals surface area contributed by atoms with Gasteiger partial charge in [0.05, 0.1) is 38.0 Å². The SMILES string of the molecule is C[C@H](O)C[C@@H]1C(=O)N2C(C(=O)OCc3ccc([N+](=O)[O-])cc3)=C(S[C@H]3CCN(CC(=O)c4cccc([N+](=O)[O-])c4)C3)S[C@H]12. The van der Waals surface area contributed by atoms with Crippen molar-refractivity contribution < 1.29 is 34.1 Å². The number of aliphatic hydroxyl groups is 1. The zero-order valence-corrected chi connectivity index (χ0v) is 24.6. The van der Waals surface area contributed by atoms with Crippen LogP contribution in [0.15, 0.2) is 58.5 Å². The normalized spacial score (nSPS) is 22.2. The molecule has 0 aliphatic carbocycles. The summed E-state index contributed by atoms with van der Waals surface area (Å²) >= 11 is 2.84. The number of ether oxygens (including phenoxy) is 1. The van der Waals surface area contributed by atoms with Crippen LogP contribution in [-0.4, -0.2) is 78.8 Å². The molecule has 2 aromatic rings. The Labute approximate surface area is 254 Å². The van der Waals surface area contributed by atoms with Gasteiger partial charge in [-0.2, -0.15) is 0 Å². The number of carbonyl (C=O) groups excluding carboxylic acids is 3. The first kappa shape index (κ1) is 30.7. The molecule has 2 saturated heterocycles. The number of aliphatic hydroxyl groups excluding tert-OH is 1. The number of hydrogen-bond acceptors (Lipinski definition) is 12. The Hall–Kier alpha value is -3.79. The van der Waals surface area contributed by atoms with Crippen molar-refractivity contribution in [3.8, 4) is 0 Å². The molecule has 0 aromatic heterocycles. The Morgan fingerprint density at radius 3 is 2.53 bits per heavy atom. The number of nitrogens with zero attached hydrogens (tertiary/aromatic N) is 4. The molecule has 0 bridgehead atoms. The molecule has 2 fully saturated rings. The van der Waals surface area contributed by atoms with Gasteiger partial charge in [0.2, 0.25) is 5.91 Å². The van der Waals surface area contributed by atoms with E-state index in [0.717, 1.165) is 6.42 Å². The largest absolute Gasteiger partial charge is 0.456 e. The van der Waals surface area contributed by atoms with Gasteiger partial charge in [0.25, 0.3) is 11.4 Å². The van der Waals surface area contributed by atoms with Gasteiger partial charge >= 0.3 is 5.97 Å². The molecule has 43 heavy (non-hydrogen) atoms. The molecule has 3 aliphatic rings. The maximum absolute atomic E-state index is 13.3. The number of hydrogen-bond donors (Lipinski definition) is 1. The zero-order valence-electron chi connectivity index (χ0n) is 23.0. The van der Waals surface area contributed by atoms with Crippen LogP contribution in [0.25, 0.3) is 0 Å². The smallest absolute Gasteiger partial charge is 0.357 e. The first-order valence-electron chi connectivity index (χ1n) is 13.5. The molecular formula is C28H28N4O9S2. The number of β-lactam (4-membered cyclic amide) rings is 1. The molecule has 3 aliphatic heterocycles. The van der Waals surface area contributed by atoms with E-state index in [1.165, 1.54) is 70.9 Å². The second-order valence-corrected chi connectivity index (χ2v) is 13.2. The van der Waals surface area contributed by atoms with Gasteiger partial charge in [-0.1, -0.05) is 23.9 Å². The van der Waals surface area contributed by atoms with Crippen molar-refractivity contribution in [1.29, 1.82) is 0 Å². The minimum absolute atomic E-state index is 0.0156. The molecule has 4 atom stereocenters. The summed E-state index contributed by atoms with van der Waals surface area (Å²) in [5.74, 6) is -1.61. The lowest BCUT2D eigenvalue weighted by atomic mass is 9.91. The molecule has 0 unspecified atom stereocenters. The Balaban J connectivity index is 1.26. The number of carbonyl (C=O) groups is 3. The van der Waals surface area contributed by atoms with Crippen LogP contribution in [0.1, 0.15) is 35.7 Å². The Bertz CT molecular complexity index is 1500. The first-order chi connectivity index (χ1) is 20.5. The highest BCUT2D eigenvalue weighted by molar-refractivity contribution is 8.23. The highest BCUT2D eigenvalue weighted by Crippen LogP contribution is 2.55. The number of likely N-dealkylation sites (tertiary alicyclic amines) is 1. The lowest BCUT2D eigenvalue weighted by molar-refractivity contribution is -0.385. The summed E-state index contributed by atoms with van der Waals surface area (Å²) in [5.41, 5.74) is 0.744. The predicted molar refractivity (Wildman–Crippen MR) is 158 cm³/mol. The van der Waals surface area contributed by atoms with Gasteiger partial charge in [0.15, 0.2) is 11.5 Å². The van der Waals surface area contributed by atoms with Crippen molar-refractivity contribution in [2.75, 3.05) is 19.6 Å². The average molecular weight is 629 g/mol. The Morgan fingerprint density at radius 2 is 1.86 bits per heavy atom. The van der Waals surface area contributed by atoms with Crippen LogP contribution in [0.3, 0.4) is 0 Å². The van der Waals surface area contributed by atoms with Crippen molar-refractivity contribution in [1.82, 2.24) is 9.80 Å². The lowest BCUT2D eigenvalue weighted by Crippen LogP contribution is -2.58. The average Bonchev–Trinajstić information content (AvgIpc) is 3.57. The van der Waals surface area contributed by atoms with E-state index < -0.39 is 27.8 Å². The van der Waals surface area contributed by atoms with E-state index in [0.29, 0.717) is 22.9 Å². The number of ketones is 1. The molecule has 15 heteroatoms. The molecule has 1 amide bonds. The summed E-state index contributed by atoms with van der Waals surface area (Å²) in [6, 6.07) is 11.3. The van der Waals surface area contributed by atoms with Gasteiger partial charge in [-0.05, 0) is 44.0 Å². The quantitative estimate of drug-likeness (QED) is 0.119. The third kappa shape index (κ3) is 6.74. The van der Waals surface area contributed by atoms with Crippen LogP contribution >= 0.6 is 23.5 Å². The van der Waals surface area contributed by atoms with Crippen molar-refractivity contribution >= 4 is 52.6 Å². The zero-order chi connectivity index (χ0) is 30.8. The number of fused-ring (bicyclic) bond motifs is 1. The van der Waals surface area contributed by atoms with Gasteiger partial charge in [-0.25, -0.2) is 4.79 Å². The second-order valence-electron chi connectivity index (χ2n) is 10.5. The van der Waals surface area contributed by atoms with Crippen LogP contribution in [0.2, 0.25) is 0 Å². The summed E-state index contributed by atoms with van der Waals surface area (Å²) in [7, 11) is 0. The van der Waals surface area contributed by atoms with Crippen LogP contribution in [0, 0.1) is 26.1 Å². The summed E-state index contributed by atoms with van der Waals surface area (Å²) in [5, 5.41) is 31.6. The van der Waals surface area contributed by atoms with Crippen molar-refractivity contribution in [2.45, 2.75) is 43.1 Å². The van der Waals surface area contributed by atoms with Gasteiger partial charge in [0, 0.05) is 41.6 Å². The van der Waals surface area contributed by atoms with Crippen LogP contribution in [0.5, 0.6) is 0 Å².